The first-order chi connectivity index (χ1) is 18.3. The lowest BCUT2D eigenvalue weighted by Crippen LogP contribution is -2.49. The number of nitriles is 1. The van der Waals surface area contributed by atoms with Crippen molar-refractivity contribution in [3.63, 3.8) is 0 Å². The van der Waals surface area contributed by atoms with Gasteiger partial charge in [0, 0.05) is 29.4 Å². The molecule has 10 heteroatoms. The number of fused-ring (bicyclic) bond motifs is 1. The number of carbonyl (C=O) groups is 3. The van der Waals surface area contributed by atoms with Gasteiger partial charge in [-0.3, -0.25) is 14.4 Å². The van der Waals surface area contributed by atoms with Gasteiger partial charge in [0.1, 0.15) is 23.5 Å². The fourth-order valence-electron chi connectivity index (χ4n) is 6.53. The second-order valence-electron chi connectivity index (χ2n) is 11.0. The fourth-order valence-corrected chi connectivity index (χ4v) is 6.74. The summed E-state index contributed by atoms with van der Waals surface area (Å²) in [5.41, 5.74) is 0.941. The van der Waals surface area contributed by atoms with Crippen LogP contribution in [0.15, 0.2) is 18.2 Å². The van der Waals surface area contributed by atoms with E-state index in [-0.39, 0.29) is 35.5 Å². The van der Waals surface area contributed by atoms with E-state index < -0.39 is 12.1 Å². The molecule has 202 valence electrons. The van der Waals surface area contributed by atoms with E-state index in [2.05, 4.69) is 21.7 Å². The summed E-state index contributed by atoms with van der Waals surface area (Å²) < 4.78 is 5.45. The number of amides is 3. The number of piperidine rings is 1. The van der Waals surface area contributed by atoms with Gasteiger partial charge in [0.2, 0.25) is 11.8 Å². The molecule has 0 unspecified atom stereocenters. The highest BCUT2D eigenvalue weighted by Gasteiger charge is 2.49. The Labute approximate surface area is 227 Å². The van der Waals surface area contributed by atoms with Crippen LogP contribution in [0.25, 0.3) is 10.9 Å². The van der Waals surface area contributed by atoms with Crippen LogP contribution in [0.4, 0.5) is 0 Å². The van der Waals surface area contributed by atoms with Crippen LogP contribution < -0.4 is 15.4 Å². The molecule has 3 amide bonds. The van der Waals surface area contributed by atoms with Crippen molar-refractivity contribution in [2.45, 2.75) is 69.9 Å². The van der Waals surface area contributed by atoms with E-state index in [1.54, 1.807) is 30.2 Å². The zero-order chi connectivity index (χ0) is 26.9. The van der Waals surface area contributed by atoms with Crippen molar-refractivity contribution in [1.82, 2.24) is 20.5 Å². The van der Waals surface area contributed by atoms with Crippen molar-refractivity contribution in [1.29, 1.82) is 5.26 Å². The van der Waals surface area contributed by atoms with Crippen molar-refractivity contribution in [2.75, 3.05) is 20.2 Å². The minimum absolute atomic E-state index is 0.0704. The van der Waals surface area contributed by atoms with E-state index in [9.17, 15) is 19.6 Å². The molecule has 5 rings (SSSR count). The van der Waals surface area contributed by atoms with E-state index in [0.29, 0.717) is 47.9 Å². The lowest BCUT2D eigenvalue weighted by Gasteiger charge is -2.32. The summed E-state index contributed by atoms with van der Waals surface area (Å²) in [5, 5.41) is 16.7. The molecule has 1 aromatic heterocycles. The van der Waals surface area contributed by atoms with E-state index in [0.717, 1.165) is 43.9 Å². The smallest absolute Gasteiger partial charge is 0.271 e. The van der Waals surface area contributed by atoms with E-state index in [1.165, 1.54) is 0 Å². The highest BCUT2D eigenvalue weighted by Crippen LogP contribution is 2.47. The number of likely N-dealkylation sites (tertiary alicyclic amines) is 1. The third-order valence-electron chi connectivity index (χ3n) is 8.49. The van der Waals surface area contributed by atoms with Crippen LogP contribution in [0.5, 0.6) is 5.75 Å². The number of nitrogens with one attached hydrogen (secondary N) is 3. The summed E-state index contributed by atoms with van der Waals surface area (Å²) in [5.74, 6) is -0.403. The number of halogens is 1. The summed E-state index contributed by atoms with van der Waals surface area (Å²) in [4.78, 5) is 44.6. The number of carbonyl (C=O) groups excluding carboxylic acids is 3. The molecule has 2 aliphatic heterocycles. The van der Waals surface area contributed by atoms with Crippen molar-refractivity contribution < 1.29 is 19.1 Å². The average Bonchev–Trinajstić information content (AvgIpc) is 3.51. The number of aromatic amines is 1. The van der Waals surface area contributed by atoms with Gasteiger partial charge in [0.15, 0.2) is 0 Å². The Morgan fingerprint density at radius 3 is 2.76 bits per heavy atom. The number of hydrogen-bond acceptors (Lipinski definition) is 5. The van der Waals surface area contributed by atoms with Crippen LogP contribution in [0.3, 0.4) is 0 Å². The van der Waals surface area contributed by atoms with Crippen molar-refractivity contribution in [3.05, 3.63) is 28.9 Å². The molecular weight excluding hydrogens is 506 g/mol. The summed E-state index contributed by atoms with van der Waals surface area (Å²) in [6.45, 7) is 1.14. The summed E-state index contributed by atoms with van der Waals surface area (Å²) in [7, 11) is 1.55. The van der Waals surface area contributed by atoms with Gasteiger partial charge in [-0.1, -0.05) is 30.9 Å². The van der Waals surface area contributed by atoms with Crippen LogP contribution in [0, 0.1) is 22.7 Å². The van der Waals surface area contributed by atoms with Crippen LogP contribution in [-0.2, 0) is 9.59 Å². The summed E-state index contributed by atoms with van der Waals surface area (Å²) in [6, 6.07) is 5.86. The van der Waals surface area contributed by atoms with Crippen molar-refractivity contribution in [3.8, 4) is 11.8 Å². The predicted molar refractivity (Wildman–Crippen MR) is 143 cm³/mol. The Hall–Kier alpha value is -3.25. The number of H-pyrrole nitrogens is 1. The highest BCUT2D eigenvalue weighted by molar-refractivity contribution is 6.31. The van der Waals surface area contributed by atoms with Gasteiger partial charge in [-0.15, -0.1) is 0 Å². The summed E-state index contributed by atoms with van der Waals surface area (Å²) >= 11 is 6.22. The number of hydrogen-bond donors (Lipinski definition) is 3. The Morgan fingerprint density at radius 1 is 1.26 bits per heavy atom. The van der Waals surface area contributed by atoms with Gasteiger partial charge in [0.05, 0.1) is 18.7 Å². The normalized spacial score (nSPS) is 23.6. The number of benzene rings is 1. The molecule has 1 saturated carbocycles. The minimum atomic E-state index is -0.796. The molecule has 1 spiro atoms. The first kappa shape index (κ1) is 26.4. The SMILES string of the molecule is COc1cc(Cl)cc2[nH]c(C(=O)N3CC4(CCCCC4)C[C@H]3C(=O)N[C@H](C#N)C[C@@H]3CCCNC3=O)cc12. The topological polar surface area (TPSA) is 127 Å². The van der Waals surface area contributed by atoms with Crippen LogP contribution in [-0.4, -0.2) is 59.9 Å². The van der Waals surface area contributed by atoms with Gasteiger partial charge in [-0.2, -0.15) is 5.26 Å². The Bertz CT molecular complexity index is 1280. The van der Waals surface area contributed by atoms with Crippen LogP contribution in [0.1, 0.15) is 68.3 Å². The molecular formula is C28H34ClN5O4. The summed E-state index contributed by atoms with van der Waals surface area (Å²) in [6.07, 6.45) is 7.66. The molecule has 3 N–H and O–H groups in total. The van der Waals surface area contributed by atoms with Crippen molar-refractivity contribution >= 4 is 40.2 Å². The zero-order valence-electron chi connectivity index (χ0n) is 21.6. The first-order valence-electron chi connectivity index (χ1n) is 13.5. The van der Waals surface area contributed by atoms with E-state index in [1.807, 2.05) is 0 Å². The molecule has 3 heterocycles. The molecule has 1 aromatic carbocycles. The number of nitrogens with zero attached hydrogens (tertiary/aromatic N) is 2. The fraction of sp³-hybridized carbons (Fsp3) is 0.571. The predicted octanol–water partition coefficient (Wildman–Crippen LogP) is 3.92. The third-order valence-corrected chi connectivity index (χ3v) is 8.71. The average molecular weight is 540 g/mol. The van der Waals surface area contributed by atoms with Gasteiger partial charge in [-0.25, -0.2) is 0 Å². The third kappa shape index (κ3) is 5.19. The van der Waals surface area contributed by atoms with Crippen molar-refractivity contribution in [2.24, 2.45) is 11.3 Å². The molecule has 2 saturated heterocycles. The lowest BCUT2D eigenvalue weighted by atomic mass is 9.72. The Balaban J connectivity index is 1.39. The maximum atomic E-state index is 13.9. The number of rotatable bonds is 6. The second kappa shape index (κ2) is 10.9. The van der Waals surface area contributed by atoms with E-state index >= 15 is 0 Å². The zero-order valence-corrected chi connectivity index (χ0v) is 22.4. The molecule has 0 radical (unpaired) electrons. The number of methoxy groups -OCH3 is 1. The Morgan fingerprint density at radius 2 is 2.05 bits per heavy atom. The van der Waals surface area contributed by atoms with Crippen LogP contribution >= 0.6 is 11.6 Å². The standard InChI is InChI=1S/C28H34ClN5O4/c1-38-24-12-18(29)11-21-20(24)13-22(33-21)27(37)34-16-28(7-3-2-4-8-28)14-23(34)26(36)32-19(15-30)10-17-6-5-9-31-25(17)35/h11-13,17,19,23,33H,2-10,14,16H2,1H3,(H,31,35)(H,32,36)/t17-,19-,23-/m0/s1. The maximum Gasteiger partial charge on any atom is 0.271 e. The van der Waals surface area contributed by atoms with E-state index in [4.69, 9.17) is 16.3 Å². The maximum absolute atomic E-state index is 13.9. The van der Waals surface area contributed by atoms with Gasteiger partial charge < -0.3 is 25.3 Å². The molecule has 2 aromatic rings. The minimum Gasteiger partial charge on any atom is -0.496 e. The largest absolute Gasteiger partial charge is 0.496 e. The molecule has 1 aliphatic carbocycles. The second-order valence-corrected chi connectivity index (χ2v) is 11.5. The molecule has 3 aliphatic rings. The number of aromatic nitrogens is 1. The molecule has 0 bridgehead atoms. The van der Waals surface area contributed by atoms with Gasteiger partial charge in [0.25, 0.3) is 5.91 Å². The van der Waals surface area contributed by atoms with Gasteiger partial charge >= 0.3 is 0 Å². The molecule has 38 heavy (non-hydrogen) atoms. The quantitative estimate of drug-likeness (QED) is 0.512. The lowest BCUT2D eigenvalue weighted by molar-refractivity contribution is -0.128. The highest BCUT2D eigenvalue weighted by atomic mass is 35.5. The number of ether oxygens (including phenoxy) is 1. The van der Waals surface area contributed by atoms with Crippen LogP contribution in [0.2, 0.25) is 5.02 Å². The molecule has 3 atom stereocenters. The first-order valence-corrected chi connectivity index (χ1v) is 13.9. The molecule has 9 nitrogen and oxygen atoms in total. The monoisotopic (exact) mass is 539 g/mol. The molecule has 3 fully saturated rings. The van der Waals surface area contributed by atoms with Gasteiger partial charge in [-0.05, 0) is 62.1 Å². The Kier molecular flexibility index (Phi) is 7.53.